The lowest BCUT2D eigenvalue weighted by Crippen LogP contribution is -2.35. The first kappa shape index (κ1) is 10.3. The summed E-state index contributed by atoms with van der Waals surface area (Å²) in [5.41, 5.74) is 5.73. The van der Waals surface area contributed by atoms with Crippen molar-refractivity contribution >= 4 is 6.09 Å². The number of nitrogens with two attached hydrogens (primary N) is 1. The van der Waals surface area contributed by atoms with Crippen LogP contribution < -0.4 is 5.73 Å². The second-order valence-electron chi connectivity index (χ2n) is 4.11. The zero-order chi connectivity index (χ0) is 10.1. The van der Waals surface area contributed by atoms with E-state index in [2.05, 4.69) is 18.6 Å². The number of hydrogen-bond acceptors (Lipinski definition) is 3. The first-order valence-corrected chi connectivity index (χ1v) is 4.56. The minimum absolute atomic E-state index is 0.0498. The number of ether oxygens (including phenoxy) is 1. The SMILES string of the molecule is COC(=O)N1CC(C)C(C)(CN)C1. The second-order valence-corrected chi connectivity index (χ2v) is 4.11. The maximum atomic E-state index is 11.2. The fourth-order valence-corrected chi connectivity index (χ4v) is 1.74. The summed E-state index contributed by atoms with van der Waals surface area (Å²) in [6.07, 6.45) is -0.246. The van der Waals surface area contributed by atoms with Crippen LogP contribution in [0.1, 0.15) is 13.8 Å². The van der Waals surface area contributed by atoms with Crippen molar-refractivity contribution < 1.29 is 9.53 Å². The summed E-state index contributed by atoms with van der Waals surface area (Å²) in [6.45, 7) is 6.30. The van der Waals surface area contributed by atoms with Gasteiger partial charge in [0.05, 0.1) is 7.11 Å². The number of likely N-dealkylation sites (tertiary alicyclic amines) is 1. The molecule has 2 atom stereocenters. The van der Waals surface area contributed by atoms with Gasteiger partial charge in [-0.1, -0.05) is 13.8 Å². The van der Waals surface area contributed by atoms with Gasteiger partial charge in [0, 0.05) is 18.5 Å². The van der Waals surface area contributed by atoms with Crippen LogP contribution in [0.15, 0.2) is 0 Å². The van der Waals surface area contributed by atoms with E-state index in [9.17, 15) is 4.79 Å². The molecular formula is C9H18N2O2. The maximum Gasteiger partial charge on any atom is 0.409 e. The molecule has 2 N–H and O–H groups in total. The Balaban J connectivity index is 2.65. The molecule has 13 heavy (non-hydrogen) atoms. The Bertz CT molecular complexity index is 208. The van der Waals surface area contributed by atoms with E-state index in [1.165, 1.54) is 7.11 Å². The molecule has 1 fully saturated rings. The normalized spacial score (nSPS) is 33.5. The van der Waals surface area contributed by atoms with Crippen LogP contribution in [0.25, 0.3) is 0 Å². The zero-order valence-corrected chi connectivity index (χ0v) is 8.54. The standard InChI is InChI=1S/C9H18N2O2/c1-7-4-11(8(12)13-3)6-9(7,2)5-10/h7H,4-6,10H2,1-3H3. The van der Waals surface area contributed by atoms with E-state index < -0.39 is 0 Å². The lowest BCUT2D eigenvalue weighted by atomic mass is 9.81. The summed E-state index contributed by atoms with van der Waals surface area (Å²) >= 11 is 0. The molecule has 0 saturated carbocycles. The third-order valence-electron chi connectivity index (χ3n) is 3.14. The number of rotatable bonds is 1. The molecule has 76 valence electrons. The number of methoxy groups -OCH3 is 1. The van der Waals surface area contributed by atoms with Gasteiger partial charge in [-0.15, -0.1) is 0 Å². The van der Waals surface area contributed by atoms with Crippen molar-refractivity contribution in [3.63, 3.8) is 0 Å². The van der Waals surface area contributed by atoms with Gasteiger partial charge in [0.15, 0.2) is 0 Å². The van der Waals surface area contributed by atoms with Crippen molar-refractivity contribution in [1.29, 1.82) is 0 Å². The predicted octanol–water partition coefficient (Wildman–Crippen LogP) is 0.670. The Morgan fingerprint density at radius 2 is 2.38 bits per heavy atom. The fourth-order valence-electron chi connectivity index (χ4n) is 1.74. The van der Waals surface area contributed by atoms with Gasteiger partial charge in [0.1, 0.15) is 0 Å². The minimum atomic E-state index is -0.246. The van der Waals surface area contributed by atoms with Gasteiger partial charge in [0.25, 0.3) is 0 Å². The third kappa shape index (κ3) is 1.77. The molecule has 0 radical (unpaired) electrons. The predicted molar refractivity (Wildman–Crippen MR) is 50.3 cm³/mol. The zero-order valence-electron chi connectivity index (χ0n) is 8.54. The monoisotopic (exact) mass is 186 g/mol. The molecule has 4 heteroatoms. The Kier molecular flexibility index (Phi) is 2.81. The molecule has 0 aromatic rings. The van der Waals surface area contributed by atoms with Gasteiger partial charge in [-0.25, -0.2) is 4.79 Å². The lowest BCUT2D eigenvalue weighted by molar-refractivity contribution is 0.128. The molecule has 1 amide bonds. The summed E-state index contributed by atoms with van der Waals surface area (Å²) in [6, 6.07) is 0. The molecule has 0 spiro atoms. The largest absolute Gasteiger partial charge is 0.453 e. The van der Waals surface area contributed by atoms with Crippen LogP contribution in [0.5, 0.6) is 0 Å². The summed E-state index contributed by atoms with van der Waals surface area (Å²) < 4.78 is 4.67. The number of amides is 1. The van der Waals surface area contributed by atoms with E-state index in [4.69, 9.17) is 5.73 Å². The van der Waals surface area contributed by atoms with Crippen LogP contribution in [0, 0.1) is 11.3 Å². The Labute approximate surface area is 79.0 Å². The Morgan fingerprint density at radius 3 is 2.77 bits per heavy atom. The molecule has 0 aliphatic carbocycles. The number of carbonyl (C=O) groups is 1. The van der Waals surface area contributed by atoms with Gasteiger partial charge >= 0.3 is 6.09 Å². The maximum absolute atomic E-state index is 11.2. The van der Waals surface area contributed by atoms with Crippen LogP contribution in [0.4, 0.5) is 4.79 Å². The second kappa shape index (κ2) is 3.54. The minimum Gasteiger partial charge on any atom is -0.453 e. The highest BCUT2D eigenvalue weighted by molar-refractivity contribution is 5.67. The van der Waals surface area contributed by atoms with Gasteiger partial charge in [0.2, 0.25) is 0 Å². The molecule has 2 unspecified atom stereocenters. The van der Waals surface area contributed by atoms with Crippen LogP contribution in [-0.4, -0.2) is 37.7 Å². The van der Waals surface area contributed by atoms with Crippen molar-refractivity contribution in [2.75, 3.05) is 26.7 Å². The van der Waals surface area contributed by atoms with E-state index in [1.807, 2.05) is 0 Å². The highest BCUT2D eigenvalue weighted by Gasteiger charge is 2.41. The summed E-state index contributed by atoms with van der Waals surface area (Å²) in [5, 5.41) is 0. The topological polar surface area (TPSA) is 55.6 Å². The van der Waals surface area contributed by atoms with Crippen molar-refractivity contribution in [3.05, 3.63) is 0 Å². The molecule has 1 aliphatic rings. The van der Waals surface area contributed by atoms with Gasteiger partial charge < -0.3 is 15.4 Å². The number of carbonyl (C=O) groups excluding carboxylic acids is 1. The molecule has 0 bridgehead atoms. The molecule has 0 aromatic carbocycles. The van der Waals surface area contributed by atoms with Crippen LogP contribution >= 0.6 is 0 Å². The van der Waals surface area contributed by atoms with E-state index in [0.717, 1.165) is 6.54 Å². The average Bonchev–Trinajstić information content (AvgIpc) is 2.43. The highest BCUT2D eigenvalue weighted by Crippen LogP contribution is 2.34. The highest BCUT2D eigenvalue weighted by atomic mass is 16.5. The first-order valence-electron chi connectivity index (χ1n) is 4.56. The molecule has 0 aromatic heterocycles. The quantitative estimate of drug-likeness (QED) is 0.655. The molecule has 1 aliphatic heterocycles. The van der Waals surface area contributed by atoms with Crippen LogP contribution in [0.2, 0.25) is 0 Å². The fraction of sp³-hybridized carbons (Fsp3) is 0.889. The average molecular weight is 186 g/mol. The third-order valence-corrected chi connectivity index (χ3v) is 3.14. The van der Waals surface area contributed by atoms with Crippen molar-refractivity contribution in [2.24, 2.45) is 17.1 Å². The molecular weight excluding hydrogens is 168 g/mol. The van der Waals surface area contributed by atoms with E-state index in [0.29, 0.717) is 19.0 Å². The first-order chi connectivity index (χ1) is 6.03. The summed E-state index contributed by atoms with van der Waals surface area (Å²) in [4.78, 5) is 12.9. The van der Waals surface area contributed by atoms with Gasteiger partial charge in [-0.2, -0.15) is 0 Å². The van der Waals surface area contributed by atoms with Crippen LogP contribution in [-0.2, 0) is 4.74 Å². The Hall–Kier alpha value is -0.770. The lowest BCUT2D eigenvalue weighted by Gasteiger charge is -2.25. The molecule has 1 heterocycles. The summed E-state index contributed by atoms with van der Waals surface area (Å²) in [5.74, 6) is 0.441. The van der Waals surface area contributed by atoms with Gasteiger partial charge in [-0.05, 0) is 12.5 Å². The smallest absolute Gasteiger partial charge is 0.409 e. The van der Waals surface area contributed by atoms with Crippen molar-refractivity contribution in [3.8, 4) is 0 Å². The molecule has 4 nitrogen and oxygen atoms in total. The van der Waals surface area contributed by atoms with Crippen molar-refractivity contribution in [1.82, 2.24) is 4.90 Å². The molecule has 1 rings (SSSR count). The number of hydrogen-bond donors (Lipinski definition) is 1. The van der Waals surface area contributed by atoms with E-state index >= 15 is 0 Å². The van der Waals surface area contributed by atoms with Crippen molar-refractivity contribution in [2.45, 2.75) is 13.8 Å². The van der Waals surface area contributed by atoms with Crippen LogP contribution in [0.3, 0.4) is 0 Å². The number of nitrogens with zero attached hydrogens (tertiary/aromatic N) is 1. The summed E-state index contributed by atoms with van der Waals surface area (Å²) in [7, 11) is 1.41. The van der Waals surface area contributed by atoms with Gasteiger partial charge in [-0.3, -0.25) is 0 Å². The molecule has 1 saturated heterocycles. The van der Waals surface area contributed by atoms with E-state index in [-0.39, 0.29) is 11.5 Å². The Morgan fingerprint density at radius 1 is 1.77 bits per heavy atom. The van der Waals surface area contributed by atoms with E-state index in [1.54, 1.807) is 4.90 Å².